The lowest BCUT2D eigenvalue weighted by Crippen LogP contribution is -2.08. The molecule has 0 aliphatic heterocycles. The van der Waals surface area contributed by atoms with Crippen molar-refractivity contribution in [3.8, 4) is 0 Å². The van der Waals surface area contributed by atoms with Crippen LogP contribution >= 0.6 is 0 Å². The molecule has 0 aromatic carbocycles. The largest absolute Gasteiger partial charge is 0.478 e. The molecule has 28 heavy (non-hydrogen) atoms. The van der Waals surface area contributed by atoms with Crippen molar-refractivity contribution < 1.29 is 29.3 Å². The van der Waals surface area contributed by atoms with Gasteiger partial charge in [-0.2, -0.15) is 0 Å². The summed E-state index contributed by atoms with van der Waals surface area (Å²) in [7, 11) is 0. The third-order valence-electron chi connectivity index (χ3n) is 2.83. The van der Waals surface area contributed by atoms with Crippen LogP contribution in [0.2, 0.25) is 0 Å². The molecule has 9 heteroatoms. The molecule has 0 saturated heterocycles. The van der Waals surface area contributed by atoms with Crippen LogP contribution in [0.4, 0.5) is 0 Å². The lowest BCUT2D eigenvalue weighted by atomic mass is 10.2. The van der Waals surface area contributed by atoms with Crippen LogP contribution in [0.3, 0.4) is 0 Å². The Hall–Kier alpha value is -2.07. The smallest absolute Gasteiger partial charge is 0.354 e. The van der Waals surface area contributed by atoms with Crippen molar-refractivity contribution in [1.82, 2.24) is 4.98 Å². The summed E-state index contributed by atoms with van der Waals surface area (Å²) in [5.41, 5.74) is 10.1. The van der Waals surface area contributed by atoms with E-state index in [-0.39, 0.29) is 11.3 Å². The fourth-order valence-electron chi connectivity index (χ4n) is 1.49. The Bertz CT molecular complexity index is 495. The molecule has 162 valence electrons. The third-order valence-corrected chi connectivity index (χ3v) is 2.83. The van der Waals surface area contributed by atoms with E-state index < -0.39 is 11.9 Å². The molecular formula is C19H35N3O6. The number of aromatic nitrogens is 1. The van der Waals surface area contributed by atoms with Gasteiger partial charge in [0.05, 0.1) is 17.8 Å². The van der Waals surface area contributed by atoms with Crippen molar-refractivity contribution in [2.24, 2.45) is 11.5 Å². The van der Waals surface area contributed by atoms with Gasteiger partial charge in [0.25, 0.3) is 0 Å². The number of carboxylic acids is 2. The van der Waals surface area contributed by atoms with Crippen LogP contribution in [0.15, 0.2) is 18.3 Å². The van der Waals surface area contributed by atoms with Crippen molar-refractivity contribution in [2.75, 3.05) is 26.3 Å². The van der Waals surface area contributed by atoms with Crippen LogP contribution < -0.4 is 11.5 Å². The molecule has 1 rings (SSSR count). The maximum absolute atomic E-state index is 10.4. The second-order valence-electron chi connectivity index (χ2n) is 6.16. The number of rotatable bonds is 10. The first-order valence-electron chi connectivity index (χ1n) is 9.21. The molecule has 1 heterocycles. The first-order chi connectivity index (χ1) is 13.1. The van der Waals surface area contributed by atoms with Gasteiger partial charge >= 0.3 is 11.9 Å². The van der Waals surface area contributed by atoms with Crippen LogP contribution in [-0.4, -0.2) is 65.6 Å². The van der Waals surface area contributed by atoms with Gasteiger partial charge in [-0.3, -0.25) is 0 Å². The quantitative estimate of drug-likeness (QED) is 0.430. The van der Waals surface area contributed by atoms with Gasteiger partial charge in [-0.05, 0) is 65.8 Å². The summed E-state index contributed by atoms with van der Waals surface area (Å²) in [6, 6.07) is 2.24. The molecule has 0 aliphatic carbocycles. The molecule has 9 nitrogen and oxygen atoms in total. The molecular weight excluding hydrogens is 366 g/mol. The Morgan fingerprint density at radius 3 is 1.75 bits per heavy atom. The van der Waals surface area contributed by atoms with Crippen molar-refractivity contribution in [3.63, 3.8) is 0 Å². The van der Waals surface area contributed by atoms with Crippen molar-refractivity contribution in [3.05, 3.63) is 29.6 Å². The minimum atomic E-state index is -1.24. The van der Waals surface area contributed by atoms with Gasteiger partial charge in [-0.1, -0.05) is 0 Å². The zero-order chi connectivity index (χ0) is 21.9. The summed E-state index contributed by atoms with van der Waals surface area (Å²) in [4.78, 5) is 24.1. The van der Waals surface area contributed by atoms with E-state index in [1.165, 1.54) is 6.07 Å². The van der Waals surface area contributed by atoms with E-state index in [2.05, 4.69) is 4.98 Å². The summed E-state index contributed by atoms with van der Waals surface area (Å²) >= 11 is 0. The maximum Gasteiger partial charge on any atom is 0.354 e. The number of nitrogens with zero attached hydrogens (tertiary/aromatic N) is 1. The van der Waals surface area contributed by atoms with Crippen LogP contribution in [0, 0.1) is 0 Å². The summed E-state index contributed by atoms with van der Waals surface area (Å²) in [6.45, 7) is 11.2. The van der Waals surface area contributed by atoms with Gasteiger partial charge in [0.2, 0.25) is 0 Å². The van der Waals surface area contributed by atoms with E-state index in [9.17, 15) is 9.59 Å². The lowest BCUT2D eigenvalue weighted by molar-refractivity contribution is 0.0690. The second kappa shape index (κ2) is 18.3. The zero-order valence-electron chi connectivity index (χ0n) is 17.3. The van der Waals surface area contributed by atoms with Crippen LogP contribution in [-0.2, 0) is 9.47 Å². The van der Waals surface area contributed by atoms with Gasteiger partial charge in [0.15, 0.2) is 0 Å². The van der Waals surface area contributed by atoms with Crippen molar-refractivity contribution >= 4 is 11.9 Å². The van der Waals surface area contributed by atoms with Gasteiger partial charge in [0.1, 0.15) is 5.69 Å². The van der Waals surface area contributed by atoms with E-state index in [0.717, 1.165) is 51.4 Å². The number of carboxylic acid groups (broad SMARTS) is 2. The van der Waals surface area contributed by atoms with E-state index in [4.69, 9.17) is 31.2 Å². The molecule has 0 bridgehead atoms. The van der Waals surface area contributed by atoms with Gasteiger partial charge in [0, 0.05) is 19.4 Å². The zero-order valence-corrected chi connectivity index (χ0v) is 17.3. The number of hydrogen-bond donors (Lipinski definition) is 4. The maximum atomic E-state index is 10.4. The molecule has 0 atom stereocenters. The monoisotopic (exact) mass is 401 g/mol. The van der Waals surface area contributed by atoms with Crippen LogP contribution in [0.1, 0.15) is 61.4 Å². The molecule has 0 spiro atoms. The topological polar surface area (TPSA) is 158 Å². The van der Waals surface area contributed by atoms with Crippen molar-refractivity contribution in [1.29, 1.82) is 0 Å². The summed E-state index contributed by atoms with van der Waals surface area (Å²) in [6.07, 6.45) is 3.78. The van der Waals surface area contributed by atoms with E-state index >= 15 is 0 Å². The van der Waals surface area contributed by atoms with E-state index in [1.807, 2.05) is 27.7 Å². The molecule has 0 saturated carbocycles. The number of hydrogen-bond acceptors (Lipinski definition) is 7. The number of aromatic carboxylic acids is 2. The minimum absolute atomic E-state index is 0.0811. The molecule has 0 amide bonds. The molecule has 1 aromatic rings. The summed E-state index contributed by atoms with van der Waals surface area (Å²) in [5.74, 6) is -2.40. The molecule has 0 aliphatic rings. The highest BCUT2D eigenvalue weighted by Gasteiger charge is 2.08. The Kier molecular flexibility index (Phi) is 18.4. The first-order valence-corrected chi connectivity index (χ1v) is 9.21. The van der Waals surface area contributed by atoms with E-state index in [1.54, 1.807) is 0 Å². The number of carbonyl (C=O) groups is 2. The average molecular weight is 402 g/mol. The van der Waals surface area contributed by atoms with Gasteiger partial charge in [-0.25, -0.2) is 14.6 Å². The van der Waals surface area contributed by atoms with Gasteiger partial charge < -0.3 is 31.2 Å². The van der Waals surface area contributed by atoms with E-state index in [0.29, 0.717) is 12.2 Å². The van der Waals surface area contributed by atoms with Crippen LogP contribution in [0.25, 0.3) is 0 Å². The first kappa shape index (κ1) is 28.1. The fraction of sp³-hybridized carbons (Fsp3) is 0.632. The fourth-order valence-corrected chi connectivity index (χ4v) is 1.49. The Balaban J connectivity index is 0. The summed E-state index contributed by atoms with van der Waals surface area (Å²) in [5, 5.41) is 16.9. The number of nitrogens with two attached hydrogens (primary N) is 2. The highest BCUT2D eigenvalue weighted by molar-refractivity contribution is 5.92. The summed E-state index contributed by atoms with van der Waals surface area (Å²) < 4.78 is 10.4. The predicted molar refractivity (Wildman–Crippen MR) is 108 cm³/mol. The standard InChI is InChI=1S/C7H5NO4.2C6H15NO/c9-6(10)4-1-2-8-5(3-4)7(11)12;2*1-6(2)8-5-3-4-7/h1-3H,(H,9,10)(H,11,12);2*6H,3-5,7H2,1-2H3. The predicted octanol–water partition coefficient (Wildman–Crippen LogP) is 2.00. The Morgan fingerprint density at radius 2 is 1.43 bits per heavy atom. The van der Waals surface area contributed by atoms with Gasteiger partial charge in [-0.15, -0.1) is 0 Å². The van der Waals surface area contributed by atoms with Crippen LogP contribution in [0.5, 0.6) is 0 Å². The minimum Gasteiger partial charge on any atom is -0.478 e. The SMILES string of the molecule is CC(C)OCCCN.CC(C)OCCCN.O=C(O)c1ccnc(C(=O)O)c1. The molecule has 6 N–H and O–H groups in total. The molecule has 1 aromatic heterocycles. The highest BCUT2D eigenvalue weighted by Crippen LogP contribution is 2.01. The Labute approximate surface area is 167 Å². The van der Waals surface area contributed by atoms with Crippen molar-refractivity contribution in [2.45, 2.75) is 52.7 Å². The average Bonchev–Trinajstić information content (AvgIpc) is 2.63. The molecule has 0 fully saturated rings. The number of ether oxygens (including phenoxy) is 2. The number of pyridine rings is 1. The third kappa shape index (κ3) is 18.7. The molecule has 0 unspecified atom stereocenters. The normalized spacial score (nSPS) is 10.0. The Morgan fingerprint density at radius 1 is 0.964 bits per heavy atom. The lowest BCUT2D eigenvalue weighted by Gasteiger charge is -2.04. The second-order valence-corrected chi connectivity index (χ2v) is 6.16. The highest BCUT2D eigenvalue weighted by atomic mass is 16.5. The molecule has 0 radical (unpaired) electrons.